The van der Waals surface area contributed by atoms with Crippen molar-refractivity contribution in [2.24, 2.45) is 17.1 Å². The zero-order valence-corrected chi connectivity index (χ0v) is 15.0. The van der Waals surface area contributed by atoms with Crippen LogP contribution in [0.1, 0.15) is 52.9 Å². The van der Waals surface area contributed by atoms with Crippen molar-refractivity contribution in [3.63, 3.8) is 0 Å². The molecule has 1 spiro atoms. The number of urea groups is 1. The number of hydrogen-bond donors (Lipinski definition) is 3. The fraction of sp³-hybridized carbons (Fsp3) is 0.824. The van der Waals surface area contributed by atoms with Crippen LogP contribution in [0.5, 0.6) is 0 Å². The number of nitrogens with zero attached hydrogens (tertiary/aromatic N) is 1. The molecule has 4 amide bonds. The van der Waals surface area contributed by atoms with Gasteiger partial charge in [-0.2, -0.15) is 0 Å². The first-order valence-corrected chi connectivity index (χ1v) is 8.80. The summed E-state index contributed by atoms with van der Waals surface area (Å²) in [5, 5.41) is 5.53. The molecule has 4 N–H and O–H groups in total. The number of nitrogens with one attached hydrogen (secondary N) is 2. The Morgan fingerprint density at radius 1 is 1.33 bits per heavy atom. The van der Waals surface area contributed by atoms with Crippen molar-refractivity contribution in [1.29, 1.82) is 0 Å². The Morgan fingerprint density at radius 2 is 1.96 bits per heavy atom. The van der Waals surface area contributed by atoms with Crippen LogP contribution in [0.4, 0.5) is 4.79 Å². The molecule has 0 aromatic heterocycles. The molecule has 0 aromatic rings. The summed E-state index contributed by atoms with van der Waals surface area (Å²) in [5.41, 5.74) is 4.77. The molecule has 1 aliphatic heterocycles. The molecule has 2 fully saturated rings. The Balaban J connectivity index is 1.95. The highest BCUT2D eigenvalue weighted by molar-refractivity contribution is 6.09. The quantitative estimate of drug-likeness (QED) is 0.513. The van der Waals surface area contributed by atoms with E-state index in [1.165, 1.54) is 0 Å². The first kappa shape index (κ1) is 18.7. The topological polar surface area (TPSA) is 105 Å². The van der Waals surface area contributed by atoms with Gasteiger partial charge in [-0.3, -0.25) is 14.5 Å². The van der Waals surface area contributed by atoms with Crippen molar-refractivity contribution in [3.8, 4) is 0 Å². The van der Waals surface area contributed by atoms with Gasteiger partial charge in [0.05, 0.1) is 0 Å². The van der Waals surface area contributed by atoms with E-state index in [4.69, 9.17) is 5.73 Å². The number of carbonyl (C=O) groups excluding carboxylic acids is 3. The van der Waals surface area contributed by atoms with Crippen molar-refractivity contribution in [3.05, 3.63) is 0 Å². The van der Waals surface area contributed by atoms with E-state index in [0.717, 1.165) is 17.7 Å². The number of hydrogen-bond acceptors (Lipinski definition) is 4. The van der Waals surface area contributed by atoms with Crippen LogP contribution < -0.4 is 16.4 Å². The zero-order valence-electron chi connectivity index (χ0n) is 15.0. The van der Waals surface area contributed by atoms with Crippen LogP contribution in [0.3, 0.4) is 0 Å². The summed E-state index contributed by atoms with van der Waals surface area (Å²) >= 11 is 0. The first-order chi connectivity index (χ1) is 11.2. The van der Waals surface area contributed by atoms with Crippen molar-refractivity contribution < 1.29 is 14.4 Å². The van der Waals surface area contributed by atoms with E-state index in [2.05, 4.69) is 31.4 Å². The standard InChI is InChI=1S/C17H30N4O3/c1-16(2,3)12-5-7-17(8-6-12)14(23)21(15(24)20-17)11-13(22)19-10-4-9-18/h12H,4-11,18H2,1-3H3,(H,19,22)(H,20,24). The molecule has 7 heteroatoms. The molecular formula is C17H30N4O3. The lowest BCUT2D eigenvalue weighted by Crippen LogP contribution is -2.51. The molecule has 0 aromatic carbocycles. The fourth-order valence-electron chi connectivity index (χ4n) is 3.66. The minimum atomic E-state index is -0.809. The van der Waals surface area contributed by atoms with Gasteiger partial charge in [-0.15, -0.1) is 0 Å². The van der Waals surface area contributed by atoms with Gasteiger partial charge in [0.1, 0.15) is 12.1 Å². The molecule has 2 rings (SSSR count). The largest absolute Gasteiger partial charge is 0.354 e. The summed E-state index contributed by atoms with van der Waals surface area (Å²) < 4.78 is 0. The summed E-state index contributed by atoms with van der Waals surface area (Å²) in [7, 11) is 0. The molecule has 1 saturated heterocycles. The normalized spacial score (nSPS) is 27.5. The molecule has 24 heavy (non-hydrogen) atoms. The van der Waals surface area contributed by atoms with Crippen molar-refractivity contribution in [2.75, 3.05) is 19.6 Å². The SMILES string of the molecule is CC(C)(C)C1CCC2(CC1)NC(=O)N(CC(=O)NCCCN)C2=O. The maximum atomic E-state index is 12.8. The molecule has 136 valence electrons. The Labute approximate surface area is 143 Å². The maximum Gasteiger partial charge on any atom is 0.325 e. The molecule has 1 heterocycles. The summed E-state index contributed by atoms with van der Waals surface area (Å²) in [6.45, 7) is 7.35. The third kappa shape index (κ3) is 3.88. The molecule has 1 aliphatic carbocycles. The van der Waals surface area contributed by atoms with Crippen LogP contribution in [-0.2, 0) is 9.59 Å². The minimum Gasteiger partial charge on any atom is -0.354 e. The van der Waals surface area contributed by atoms with Gasteiger partial charge in [-0.1, -0.05) is 20.8 Å². The molecule has 0 radical (unpaired) electrons. The predicted molar refractivity (Wildman–Crippen MR) is 91.1 cm³/mol. The second-order valence-corrected chi connectivity index (χ2v) is 8.04. The van der Waals surface area contributed by atoms with Gasteiger partial charge in [0.25, 0.3) is 5.91 Å². The lowest BCUT2D eigenvalue weighted by atomic mass is 9.67. The van der Waals surface area contributed by atoms with Crippen LogP contribution in [0.25, 0.3) is 0 Å². The smallest absolute Gasteiger partial charge is 0.325 e. The molecule has 2 aliphatic rings. The van der Waals surface area contributed by atoms with Gasteiger partial charge in [0.15, 0.2) is 0 Å². The van der Waals surface area contributed by atoms with E-state index in [0.29, 0.717) is 38.3 Å². The molecule has 0 atom stereocenters. The molecule has 1 saturated carbocycles. The van der Waals surface area contributed by atoms with Crippen molar-refractivity contribution in [1.82, 2.24) is 15.5 Å². The van der Waals surface area contributed by atoms with E-state index < -0.39 is 11.6 Å². The number of carbonyl (C=O) groups is 3. The Bertz CT molecular complexity index is 504. The molecule has 0 unspecified atom stereocenters. The number of amides is 4. The van der Waals surface area contributed by atoms with Crippen molar-refractivity contribution >= 4 is 17.8 Å². The van der Waals surface area contributed by atoms with Crippen molar-refractivity contribution in [2.45, 2.75) is 58.4 Å². The van der Waals surface area contributed by atoms with E-state index >= 15 is 0 Å². The van der Waals surface area contributed by atoms with E-state index in [1.807, 2.05) is 0 Å². The number of imide groups is 1. The lowest BCUT2D eigenvalue weighted by molar-refractivity contribution is -0.136. The van der Waals surface area contributed by atoms with Crippen LogP contribution in [0, 0.1) is 11.3 Å². The van der Waals surface area contributed by atoms with Gasteiger partial charge in [-0.25, -0.2) is 4.79 Å². The van der Waals surface area contributed by atoms with Gasteiger partial charge in [-0.05, 0) is 50.0 Å². The minimum absolute atomic E-state index is 0.204. The average Bonchev–Trinajstić information content (AvgIpc) is 2.71. The lowest BCUT2D eigenvalue weighted by Gasteiger charge is -2.40. The molecular weight excluding hydrogens is 308 g/mol. The highest BCUT2D eigenvalue weighted by Gasteiger charge is 2.53. The van der Waals surface area contributed by atoms with Crippen LogP contribution in [0.2, 0.25) is 0 Å². The summed E-state index contributed by atoms with van der Waals surface area (Å²) in [6.07, 6.45) is 3.78. The summed E-state index contributed by atoms with van der Waals surface area (Å²) in [6, 6.07) is -0.455. The van der Waals surface area contributed by atoms with E-state index in [1.54, 1.807) is 0 Å². The Morgan fingerprint density at radius 3 is 2.50 bits per heavy atom. The number of rotatable bonds is 5. The van der Waals surface area contributed by atoms with Crippen LogP contribution >= 0.6 is 0 Å². The first-order valence-electron chi connectivity index (χ1n) is 8.80. The van der Waals surface area contributed by atoms with Gasteiger partial charge >= 0.3 is 6.03 Å². The van der Waals surface area contributed by atoms with Gasteiger partial charge < -0.3 is 16.4 Å². The van der Waals surface area contributed by atoms with Gasteiger partial charge in [0, 0.05) is 6.54 Å². The maximum absolute atomic E-state index is 12.8. The predicted octanol–water partition coefficient (Wildman–Crippen LogP) is 0.978. The summed E-state index contributed by atoms with van der Waals surface area (Å²) in [5.74, 6) is -0.0392. The fourth-order valence-corrected chi connectivity index (χ4v) is 3.66. The Hall–Kier alpha value is -1.63. The number of nitrogens with two attached hydrogens (primary N) is 1. The summed E-state index contributed by atoms with van der Waals surface area (Å²) in [4.78, 5) is 37.9. The highest BCUT2D eigenvalue weighted by atomic mass is 16.2. The van der Waals surface area contributed by atoms with Gasteiger partial charge in [0.2, 0.25) is 5.91 Å². The van der Waals surface area contributed by atoms with E-state index in [-0.39, 0.29) is 23.8 Å². The van der Waals surface area contributed by atoms with E-state index in [9.17, 15) is 14.4 Å². The molecule has 7 nitrogen and oxygen atoms in total. The zero-order chi connectivity index (χ0) is 18.0. The molecule has 0 bridgehead atoms. The second kappa shape index (κ2) is 7.09. The van der Waals surface area contributed by atoms with Crippen LogP contribution in [-0.4, -0.2) is 47.9 Å². The Kier molecular flexibility index (Phi) is 5.52. The van der Waals surface area contributed by atoms with Crippen LogP contribution in [0.15, 0.2) is 0 Å². The second-order valence-electron chi connectivity index (χ2n) is 8.04. The third-order valence-electron chi connectivity index (χ3n) is 5.31. The monoisotopic (exact) mass is 338 g/mol. The third-order valence-corrected chi connectivity index (χ3v) is 5.31. The highest BCUT2D eigenvalue weighted by Crippen LogP contribution is 2.43. The average molecular weight is 338 g/mol.